The Labute approximate surface area is 139 Å². The third-order valence-corrected chi connectivity index (χ3v) is 3.60. The predicted molar refractivity (Wildman–Crippen MR) is 86.0 cm³/mol. The van der Waals surface area contributed by atoms with Gasteiger partial charge in [-0.2, -0.15) is 0 Å². The lowest BCUT2D eigenvalue weighted by Gasteiger charge is -2.28. The Kier molecular flexibility index (Phi) is 4.81. The second-order valence-electron chi connectivity index (χ2n) is 5.25. The number of nitrogens with zero attached hydrogens (tertiary/aromatic N) is 1. The fraction of sp³-hybridized carbons (Fsp3) is 0.294. The summed E-state index contributed by atoms with van der Waals surface area (Å²) in [5, 5.41) is 2.68. The third kappa shape index (κ3) is 3.41. The number of furan rings is 1. The maximum absolute atomic E-state index is 12.1. The third-order valence-electron chi connectivity index (χ3n) is 3.60. The highest BCUT2D eigenvalue weighted by Gasteiger charge is 2.26. The second-order valence-corrected chi connectivity index (χ2v) is 5.25. The minimum Gasteiger partial charge on any atom is -0.482 e. The molecule has 2 amide bonds. The van der Waals surface area contributed by atoms with Crippen LogP contribution in [0.5, 0.6) is 5.75 Å². The summed E-state index contributed by atoms with van der Waals surface area (Å²) in [6, 6.07) is 10.6. The minimum atomic E-state index is -0.313. The van der Waals surface area contributed by atoms with E-state index in [4.69, 9.17) is 13.9 Å². The molecule has 1 aliphatic rings. The van der Waals surface area contributed by atoms with Gasteiger partial charge < -0.3 is 19.2 Å². The Morgan fingerprint density at radius 2 is 2.12 bits per heavy atom. The van der Waals surface area contributed by atoms with Crippen molar-refractivity contribution in [3.05, 3.63) is 47.9 Å². The standard InChI is InChI=1S/C17H18N2O5/c1-22-9-8-18-17(21)15-7-6-12(24-15)10-19-13-4-2-3-5-14(13)23-11-16(19)20/h2-7H,8-11H2,1H3,(H,18,21). The summed E-state index contributed by atoms with van der Waals surface area (Å²) < 4.78 is 15.8. The largest absolute Gasteiger partial charge is 0.482 e. The molecular formula is C17H18N2O5. The van der Waals surface area contributed by atoms with Crippen LogP contribution < -0.4 is 15.0 Å². The number of carbonyl (C=O) groups is 2. The molecule has 0 fully saturated rings. The molecule has 0 saturated heterocycles. The van der Waals surface area contributed by atoms with Gasteiger partial charge in [0.2, 0.25) is 0 Å². The second kappa shape index (κ2) is 7.18. The molecule has 0 radical (unpaired) electrons. The van der Waals surface area contributed by atoms with Crippen molar-refractivity contribution < 1.29 is 23.5 Å². The molecule has 0 atom stereocenters. The first-order valence-electron chi connectivity index (χ1n) is 7.57. The lowest BCUT2D eigenvalue weighted by Crippen LogP contribution is -2.38. The van der Waals surface area contributed by atoms with Crippen molar-refractivity contribution >= 4 is 17.5 Å². The Morgan fingerprint density at radius 1 is 1.29 bits per heavy atom. The zero-order valence-corrected chi connectivity index (χ0v) is 13.3. The normalized spacial score (nSPS) is 13.4. The van der Waals surface area contributed by atoms with Crippen LogP contribution in [0, 0.1) is 0 Å². The first-order chi connectivity index (χ1) is 11.7. The predicted octanol–water partition coefficient (Wildman–Crippen LogP) is 1.58. The van der Waals surface area contributed by atoms with E-state index in [-0.39, 0.29) is 30.7 Å². The molecule has 2 aromatic rings. The summed E-state index contributed by atoms with van der Waals surface area (Å²) in [7, 11) is 1.56. The highest BCUT2D eigenvalue weighted by Crippen LogP contribution is 2.32. The SMILES string of the molecule is COCCNC(=O)c1ccc(CN2C(=O)COc3ccccc32)o1. The van der Waals surface area contributed by atoms with E-state index >= 15 is 0 Å². The van der Waals surface area contributed by atoms with E-state index < -0.39 is 0 Å². The maximum atomic E-state index is 12.1. The summed E-state index contributed by atoms with van der Waals surface area (Å²) in [6.45, 7) is 1.06. The monoisotopic (exact) mass is 330 g/mol. The lowest BCUT2D eigenvalue weighted by atomic mass is 10.2. The molecule has 2 heterocycles. The van der Waals surface area contributed by atoms with E-state index in [2.05, 4.69) is 5.32 Å². The molecule has 126 valence electrons. The van der Waals surface area contributed by atoms with Crippen LogP contribution >= 0.6 is 0 Å². The first-order valence-corrected chi connectivity index (χ1v) is 7.57. The molecule has 1 aromatic heterocycles. The number of methoxy groups -OCH3 is 1. The summed E-state index contributed by atoms with van der Waals surface area (Å²) in [5.74, 6) is 0.913. The number of carbonyl (C=O) groups excluding carboxylic acids is 2. The van der Waals surface area contributed by atoms with Crippen molar-refractivity contribution in [3.8, 4) is 5.75 Å². The number of rotatable bonds is 6. The Hall–Kier alpha value is -2.80. The van der Waals surface area contributed by atoms with Crippen LogP contribution in [-0.4, -0.2) is 38.7 Å². The average molecular weight is 330 g/mol. The van der Waals surface area contributed by atoms with E-state index in [1.807, 2.05) is 24.3 Å². The van der Waals surface area contributed by atoms with Gasteiger partial charge in [0, 0.05) is 13.7 Å². The number of hydrogen-bond donors (Lipinski definition) is 1. The molecule has 24 heavy (non-hydrogen) atoms. The Morgan fingerprint density at radius 3 is 2.96 bits per heavy atom. The van der Waals surface area contributed by atoms with Crippen molar-refractivity contribution in [1.82, 2.24) is 5.32 Å². The number of para-hydroxylation sites is 2. The van der Waals surface area contributed by atoms with Gasteiger partial charge in [0.05, 0.1) is 18.8 Å². The van der Waals surface area contributed by atoms with Crippen molar-refractivity contribution in [1.29, 1.82) is 0 Å². The van der Waals surface area contributed by atoms with E-state index in [1.165, 1.54) is 0 Å². The lowest BCUT2D eigenvalue weighted by molar-refractivity contribution is -0.121. The molecule has 0 spiro atoms. The van der Waals surface area contributed by atoms with Crippen LogP contribution in [0.2, 0.25) is 0 Å². The van der Waals surface area contributed by atoms with Crippen molar-refractivity contribution in [2.24, 2.45) is 0 Å². The number of anilines is 1. The summed E-state index contributed by atoms with van der Waals surface area (Å²) >= 11 is 0. The Bertz CT molecular complexity index is 740. The minimum absolute atomic E-state index is 0.0118. The van der Waals surface area contributed by atoms with Gasteiger partial charge >= 0.3 is 0 Å². The molecule has 0 aliphatic carbocycles. The maximum Gasteiger partial charge on any atom is 0.287 e. The number of amides is 2. The molecule has 7 heteroatoms. The number of hydrogen-bond acceptors (Lipinski definition) is 5. The summed E-state index contributed by atoms with van der Waals surface area (Å²) in [6.07, 6.45) is 0. The molecule has 1 N–H and O–H groups in total. The average Bonchev–Trinajstić information content (AvgIpc) is 3.06. The van der Waals surface area contributed by atoms with Crippen LogP contribution in [0.1, 0.15) is 16.3 Å². The zero-order chi connectivity index (χ0) is 16.9. The fourth-order valence-corrected chi connectivity index (χ4v) is 2.42. The van der Waals surface area contributed by atoms with Crippen LogP contribution in [0.15, 0.2) is 40.8 Å². The van der Waals surface area contributed by atoms with E-state index in [1.54, 1.807) is 24.1 Å². The quantitative estimate of drug-likeness (QED) is 0.813. The van der Waals surface area contributed by atoms with Crippen LogP contribution in [0.3, 0.4) is 0 Å². The molecule has 0 unspecified atom stereocenters. The van der Waals surface area contributed by atoms with Crippen LogP contribution in [0.25, 0.3) is 0 Å². The van der Waals surface area contributed by atoms with Gasteiger partial charge in [0.15, 0.2) is 12.4 Å². The topological polar surface area (TPSA) is 81.0 Å². The molecule has 1 aliphatic heterocycles. The van der Waals surface area contributed by atoms with Crippen molar-refractivity contribution in [2.75, 3.05) is 31.8 Å². The van der Waals surface area contributed by atoms with Gasteiger partial charge in [-0.15, -0.1) is 0 Å². The molecule has 1 aromatic carbocycles. The number of fused-ring (bicyclic) bond motifs is 1. The van der Waals surface area contributed by atoms with Crippen molar-refractivity contribution in [2.45, 2.75) is 6.54 Å². The Balaban J connectivity index is 1.71. The first kappa shape index (κ1) is 16.1. The van der Waals surface area contributed by atoms with E-state index in [0.29, 0.717) is 30.3 Å². The number of benzene rings is 1. The van der Waals surface area contributed by atoms with Gasteiger partial charge in [-0.25, -0.2) is 0 Å². The molecular weight excluding hydrogens is 312 g/mol. The highest BCUT2D eigenvalue weighted by atomic mass is 16.5. The molecule has 7 nitrogen and oxygen atoms in total. The van der Waals surface area contributed by atoms with Crippen LogP contribution in [-0.2, 0) is 16.1 Å². The summed E-state index contributed by atoms with van der Waals surface area (Å²) in [5.41, 5.74) is 0.691. The molecule has 3 rings (SSSR count). The van der Waals surface area contributed by atoms with Gasteiger partial charge in [-0.1, -0.05) is 12.1 Å². The van der Waals surface area contributed by atoms with Crippen molar-refractivity contribution in [3.63, 3.8) is 0 Å². The number of ether oxygens (including phenoxy) is 2. The highest BCUT2D eigenvalue weighted by molar-refractivity contribution is 5.97. The van der Waals surface area contributed by atoms with Gasteiger partial charge in [-0.05, 0) is 24.3 Å². The van der Waals surface area contributed by atoms with Gasteiger partial charge in [0.1, 0.15) is 11.5 Å². The fourth-order valence-electron chi connectivity index (χ4n) is 2.42. The molecule has 0 bridgehead atoms. The van der Waals surface area contributed by atoms with Crippen LogP contribution in [0.4, 0.5) is 5.69 Å². The van der Waals surface area contributed by atoms with Gasteiger partial charge in [0.25, 0.3) is 11.8 Å². The smallest absolute Gasteiger partial charge is 0.287 e. The van der Waals surface area contributed by atoms with E-state index in [0.717, 1.165) is 0 Å². The summed E-state index contributed by atoms with van der Waals surface area (Å²) in [4.78, 5) is 25.7. The van der Waals surface area contributed by atoms with Gasteiger partial charge in [-0.3, -0.25) is 14.5 Å². The number of nitrogens with one attached hydrogen (secondary N) is 1. The molecule has 0 saturated carbocycles. The zero-order valence-electron chi connectivity index (χ0n) is 13.3. The van der Waals surface area contributed by atoms with E-state index in [9.17, 15) is 9.59 Å².